The van der Waals surface area contributed by atoms with Crippen LogP contribution in [0.15, 0.2) is 48.5 Å². The molecule has 0 unspecified atom stereocenters. The Morgan fingerprint density at radius 2 is 1.86 bits per heavy atom. The Morgan fingerprint density at radius 3 is 2.64 bits per heavy atom. The Morgan fingerprint density at radius 1 is 1.09 bits per heavy atom. The molecule has 1 N–H and O–H groups in total. The normalized spacial score (nSPS) is 10.7. The van der Waals surface area contributed by atoms with Gasteiger partial charge in [-0.25, -0.2) is 0 Å². The molecule has 1 aromatic heterocycles. The largest absolute Gasteiger partial charge is 0.321 e. The summed E-state index contributed by atoms with van der Waals surface area (Å²) in [6.07, 6.45) is 0. The van der Waals surface area contributed by atoms with Crippen LogP contribution in [0, 0.1) is 6.92 Å². The number of rotatable bonds is 2. The minimum Gasteiger partial charge on any atom is -0.321 e. The third-order valence-corrected chi connectivity index (χ3v) is 3.82. The maximum atomic E-state index is 12.4. The number of carbonyl (C=O) groups excluding carboxylic acids is 1. The van der Waals surface area contributed by atoms with E-state index in [1.54, 1.807) is 18.2 Å². The van der Waals surface area contributed by atoms with Gasteiger partial charge in [-0.2, -0.15) is 0 Å². The number of carbonyl (C=O) groups is 1. The fraction of sp³-hybridized carbons (Fsp3) is 0.0588. The smallest absolute Gasteiger partial charge is 0.257 e. The molecule has 2 aromatic carbocycles. The summed E-state index contributed by atoms with van der Waals surface area (Å²) in [5.74, 6) is -0.280. The summed E-state index contributed by atoms with van der Waals surface area (Å²) < 4.78 is 0. The number of anilines is 1. The second-order valence-corrected chi connectivity index (χ2v) is 5.75. The lowest BCUT2D eigenvalue weighted by Gasteiger charge is -2.10. The highest BCUT2D eigenvalue weighted by molar-refractivity contribution is 6.37. The minimum absolute atomic E-state index is 0.280. The topological polar surface area (TPSA) is 42.0 Å². The summed E-state index contributed by atoms with van der Waals surface area (Å²) in [4.78, 5) is 16.9. The van der Waals surface area contributed by atoms with Gasteiger partial charge in [-0.1, -0.05) is 41.4 Å². The summed E-state index contributed by atoms with van der Waals surface area (Å²) in [6.45, 7) is 1.89. The van der Waals surface area contributed by atoms with Crippen LogP contribution in [0.25, 0.3) is 10.9 Å². The van der Waals surface area contributed by atoms with E-state index in [9.17, 15) is 4.79 Å². The molecule has 0 bridgehead atoms. The molecule has 1 amide bonds. The van der Waals surface area contributed by atoms with Gasteiger partial charge in [-0.15, -0.1) is 0 Å². The van der Waals surface area contributed by atoms with Gasteiger partial charge in [0.05, 0.1) is 21.8 Å². The van der Waals surface area contributed by atoms with Crippen LogP contribution in [-0.2, 0) is 0 Å². The molecule has 0 fully saturated rings. The molecule has 1 heterocycles. The molecular formula is C17H12Cl2N2O. The van der Waals surface area contributed by atoms with E-state index in [4.69, 9.17) is 23.2 Å². The third-order valence-electron chi connectivity index (χ3n) is 3.27. The second-order valence-electron chi connectivity index (χ2n) is 4.91. The zero-order valence-corrected chi connectivity index (χ0v) is 13.2. The van der Waals surface area contributed by atoms with E-state index in [2.05, 4.69) is 10.3 Å². The van der Waals surface area contributed by atoms with E-state index < -0.39 is 0 Å². The third kappa shape index (κ3) is 2.91. The van der Waals surface area contributed by atoms with Gasteiger partial charge < -0.3 is 5.32 Å². The van der Waals surface area contributed by atoms with Crippen LogP contribution in [0.5, 0.6) is 0 Å². The van der Waals surface area contributed by atoms with E-state index >= 15 is 0 Å². The number of nitrogens with zero attached hydrogens (tertiary/aromatic N) is 1. The summed E-state index contributed by atoms with van der Waals surface area (Å²) in [6, 6.07) is 14.3. The predicted octanol–water partition coefficient (Wildman–Crippen LogP) is 5.10. The number of amides is 1. The predicted molar refractivity (Wildman–Crippen MR) is 90.9 cm³/mol. The van der Waals surface area contributed by atoms with Crippen molar-refractivity contribution in [2.24, 2.45) is 0 Å². The van der Waals surface area contributed by atoms with E-state index in [-0.39, 0.29) is 5.91 Å². The van der Waals surface area contributed by atoms with E-state index in [0.717, 1.165) is 16.6 Å². The molecule has 0 aliphatic rings. The number of nitrogens with one attached hydrogen (secondary N) is 1. The van der Waals surface area contributed by atoms with Crippen molar-refractivity contribution in [1.29, 1.82) is 0 Å². The molecule has 0 atom stereocenters. The monoisotopic (exact) mass is 330 g/mol. The van der Waals surface area contributed by atoms with Crippen molar-refractivity contribution in [1.82, 2.24) is 4.98 Å². The Bertz CT molecular complexity index is 878. The number of benzene rings is 2. The molecule has 0 radical (unpaired) electrons. The van der Waals surface area contributed by atoms with Crippen molar-refractivity contribution in [3.8, 4) is 0 Å². The maximum absolute atomic E-state index is 12.4. The maximum Gasteiger partial charge on any atom is 0.257 e. The number of hydrogen-bond acceptors (Lipinski definition) is 2. The number of halogens is 2. The van der Waals surface area contributed by atoms with Crippen LogP contribution in [0.2, 0.25) is 10.0 Å². The molecule has 3 aromatic rings. The first-order valence-corrected chi connectivity index (χ1v) is 7.43. The minimum atomic E-state index is -0.280. The van der Waals surface area contributed by atoms with Crippen LogP contribution in [0.3, 0.4) is 0 Å². The van der Waals surface area contributed by atoms with Gasteiger partial charge in [0.25, 0.3) is 5.91 Å². The summed E-state index contributed by atoms with van der Waals surface area (Å²) in [7, 11) is 0. The Labute approximate surface area is 137 Å². The molecule has 22 heavy (non-hydrogen) atoms. The van der Waals surface area contributed by atoms with Crippen molar-refractivity contribution in [3.63, 3.8) is 0 Å². The van der Waals surface area contributed by atoms with Crippen molar-refractivity contribution in [2.45, 2.75) is 6.92 Å². The molecule has 5 heteroatoms. The van der Waals surface area contributed by atoms with E-state index in [0.29, 0.717) is 21.3 Å². The van der Waals surface area contributed by atoms with E-state index in [1.165, 1.54) is 0 Å². The van der Waals surface area contributed by atoms with Gasteiger partial charge in [0, 0.05) is 16.1 Å². The average molecular weight is 331 g/mol. The summed E-state index contributed by atoms with van der Waals surface area (Å²) >= 11 is 11.9. The molecule has 3 nitrogen and oxygen atoms in total. The number of fused-ring (bicyclic) bond motifs is 1. The summed E-state index contributed by atoms with van der Waals surface area (Å²) in [5, 5.41) is 4.59. The lowest BCUT2D eigenvalue weighted by molar-refractivity contribution is 0.102. The van der Waals surface area contributed by atoms with Crippen LogP contribution < -0.4 is 5.32 Å². The SMILES string of the molecule is Cc1cc(NC(=O)c2ccc(Cl)cc2Cl)c2ccccc2n1. The zero-order valence-electron chi connectivity index (χ0n) is 11.7. The average Bonchev–Trinajstić information content (AvgIpc) is 2.46. The lowest BCUT2D eigenvalue weighted by atomic mass is 10.1. The Kier molecular flexibility index (Phi) is 4.01. The number of hydrogen-bond donors (Lipinski definition) is 1. The number of para-hydroxylation sites is 1. The molecule has 0 spiro atoms. The van der Waals surface area contributed by atoms with Gasteiger partial charge >= 0.3 is 0 Å². The van der Waals surface area contributed by atoms with Gasteiger partial charge in [0.15, 0.2) is 0 Å². The molecule has 0 saturated heterocycles. The van der Waals surface area contributed by atoms with Crippen molar-refractivity contribution in [2.75, 3.05) is 5.32 Å². The molecule has 0 aliphatic heterocycles. The highest BCUT2D eigenvalue weighted by Crippen LogP contribution is 2.26. The molecular weight excluding hydrogens is 319 g/mol. The first-order valence-electron chi connectivity index (χ1n) is 6.67. The Hall–Kier alpha value is -2.10. The fourth-order valence-electron chi connectivity index (χ4n) is 2.27. The molecule has 0 saturated carbocycles. The molecule has 110 valence electrons. The highest BCUT2D eigenvalue weighted by Gasteiger charge is 2.13. The Balaban J connectivity index is 2.01. The number of pyridine rings is 1. The van der Waals surface area contributed by atoms with Gasteiger partial charge in [-0.3, -0.25) is 9.78 Å². The molecule has 3 rings (SSSR count). The highest BCUT2D eigenvalue weighted by atomic mass is 35.5. The number of aromatic nitrogens is 1. The standard InChI is InChI=1S/C17H12Cl2N2O/c1-10-8-16(13-4-2-3-5-15(13)20-10)21-17(22)12-7-6-11(18)9-14(12)19/h2-9H,1H3,(H,20,21,22). The number of aryl methyl sites for hydroxylation is 1. The molecule has 0 aliphatic carbocycles. The first kappa shape index (κ1) is 14.8. The van der Waals surface area contributed by atoms with Crippen molar-refractivity contribution in [3.05, 3.63) is 69.8 Å². The van der Waals surface area contributed by atoms with E-state index in [1.807, 2.05) is 37.3 Å². The van der Waals surface area contributed by atoms with Crippen LogP contribution in [0.1, 0.15) is 16.1 Å². The van der Waals surface area contributed by atoms with Gasteiger partial charge in [0.2, 0.25) is 0 Å². The van der Waals surface area contributed by atoms with Gasteiger partial charge in [0.1, 0.15) is 0 Å². The zero-order chi connectivity index (χ0) is 15.7. The lowest BCUT2D eigenvalue weighted by Crippen LogP contribution is -2.13. The van der Waals surface area contributed by atoms with Gasteiger partial charge in [-0.05, 0) is 37.3 Å². The fourth-order valence-corrected chi connectivity index (χ4v) is 2.77. The van der Waals surface area contributed by atoms with Crippen LogP contribution >= 0.6 is 23.2 Å². The van der Waals surface area contributed by atoms with Crippen molar-refractivity contribution < 1.29 is 4.79 Å². The second kappa shape index (κ2) is 5.95. The van der Waals surface area contributed by atoms with Crippen LogP contribution in [-0.4, -0.2) is 10.9 Å². The van der Waals surface area contributed by atoms with Crippen molar-refractivity contribution >= 4 is 45.7 Å². The van der Waals surface area contributed by atoms with Crippen LogP contribution in [0.4, 0.5) is 5.69 Å². The quantitative estimate of drug-likeness (QED) is 0.710. The summed E-state index contributed by atoms with van der Waals surface area (Å²) in [5.41, 5.74) is 2.75. The first-order chi connectivity index (χ1) is 10.5.